The minimum atomic E-state index is 0.325. The summed E-state index contributed by atoms with van der Waals surface area (Å²) in [4.78, 5) is 4.39. The molecule has 82 valence electrons. The predicted octanol–water partition coefficient (Wildman–Crippen LogP) is 0.478. The van der Waals surface area contributed by atoms with Crippen LogP contribution in [-0.4, -0.2) is 35.9 Å². The number of hydrogen-bond acceptors (Lipinski definition) is 5. The smallest absolute Gasteiger partial charge is 0.228 e. The molecule has 1 N–H and O–H groups in total. The van der Waals surface area contributed by atoms with Crippen LogP contribution in [0.2, 0.25) is 0 Å². The fourth-order valence-corrected chi connectivity index (χ4v) is 1.82. The molecule has 1 aromatic rings. The second-order valence-electron chi connectivity index (χ2n) is 4.25. The molecule has 0 radical (unpaired) electrons. The third-order valence-corrected chi connectivity index (χ3v) is 2.85. The van der Waals surface area contributed by atoms with E-state index in [1.807, 2.05) is 0 Å². The van der Waals surface area contributed by atoms with Crippen LogP contribution in [-0.2, 0) is 11.2 Å². The Morgan fingerprint density at radius 3 is 3.07 bits per heavy atom. The molecule has 1 aliphatic heterocycles. The fourth-order valence-electron chi connectivity index (χ4n) is 1.82. The van der Waals surface area contributed by atoms with E-state index in [1.54, 1.807) is 0 Å². The van der Waals surface area contributed by atoms with Gasteiger partial charge in [-0.25, -0.2) is 0 Å². The minimum absolute atomic E-state index is 0.325. The minimum Gasteiger partial charge on any atom is -0.378 e. The summed E-state index contributed by atoms with van der Waals surface area (Å²) in [5.74, 6) is 2.19. The molecule has 15 heavy (non-hydrogen) atoms. The number of aromatic nitrogens is 2. The van der Waals surface area contributed by atoms with Gasteiger partial charge in [0, 0.05) is 24.9 Å². The van der Waals surface area contributed by atoms with Crippen molar-refractivity contribution in [3.63, 3.8) is 0 Å². The number of morpholine rings is 1. The summed E-state index contributed by atoms with van der Waals surface area (Å²) in [7, 11) is 0. The van der Waals surface area contributed by atoms with Gasteiger partial charge in [-0.3, -0.25) is 0 Å². The molecule has 3 rings (SSSR count). The van der Waals surface area contributed by atoms with Crippen molar-refractivity contribution in [2.24, 2.45) is 0 Å². The van der Waals surface area contributed by atoms with Gasteiger partial charge >= 0.3 is 0 Å². The molecule has 1 aromatic heterocycles. The monoisotopic (exact) mass is 209 g/mol. The van der Waals surface area contributed by atoms with E-state index >= 15 is 0 Å². The molecule has 0 amide bonds. The normalized spacial score (nSPS) is 26.8. The Balaban J connectivity index is 1.60. The lowest BCUT2D eigenvalue weighted by atomic mass is 10.2. The van der Waals surface area contributed by atoms with Crippen molar-refractivity contribution in [3.05, 3.63) is 11.7 Å². The zero-order chi connectivity index (χ0) is 10.1. The number of rotatable bonds is 3. The van der Waals surface area contributed by atoms with Crippen LogP contribution in [0.15, 0.2) is 4.52 Å². The second-order valence-corrected chi connectivity index (χ2v) is 4.25. The molecule has 1 unspecified atom stereocenters. The Kier molecular flexibility index (Phi) is 2.42. The van der Waals surface area contributed by atoms with Gasteiger partial charge in [0.05, 0.1) is 13.2 Å². The molecule has 1 saturated carbocycles. The average Bonchev–Trinajstić information content (AvgIpc) is 3.02. The van der Waals surface area contributed by atoms with Crippen molar-refractivity contribution >= 4 is 0 Å². The summed E-state index contributed by atoms with van der Waals surface area (Å²) in [5.41, 5.74) is 0. The highest BCUT2D eigenvalue weighted by Gasteiger charge is 2.29. The van der Waals surface area contributed by atoms with Crippen molar-refractivity contribution in [2.45, 2.75) is 31.2 Å². The van der Waals surface area contributed by atoms with Crippen LogP contribution in [0, 0.1) is 0 Å². The lowest BCUT2D eigenvalue weighted by Gasteiger charge is -2.22. The highest BCUT2D eigenvalue weighted by atomic mass is 16.5. The van der Waals surface area contributed by atoms with Gasteiger partial charge in [-0.05, 0) is 12.8 Å². The van der Waals surface area contributed by atoms with Crippen molar-refractivity contribution < 1.29 is 9.26 Å². The van der Waals surface area contributed by atoms with E-state index < -0.39 is 0 Å². The lowest BCUT2D eigenvalue weighted by molar-refractivity contribution is 0.0744. The van der Waals surface area contributed by atoms with E-state index in [0.717, 1.165) is 37.9 Å². The number of nitrogens with one attached hydrogen (secondary N) is 1. The Labute approximate surface area is 88.2 Å². The number of ether oxygens (including phenoxy) is 1. The number of nitrogens with zero attached hydrogens (tertiary/aromatic N) is 2. The largest absolute Gasteiger partial charge is 0.378 e. The summed E-state index contributed by atoms with van der Waals surface area (Å²) in [6.45, 7) is 2.45. The second kappa shape index (κ2) is 3.90. The molecule has 0 bridgehead atoms. The van der Waals surface area contributed by atoms with Crippen LogP contribution in [0.25, 0.3) is 0 Å². The van der Waals surface area contributed by atoms with E-state index in [9.17, 15) is 0 Å². The molecular weight excluding hydrogens is 194 g/mol. The molecule has 2 fully saturated rings. The predicted molar refractivity (Wildman–Crippen MR) is 52.6 cm³/mol. The van der Waals surface area contributed by atoms with Gasteiger partial charge in [0.1, 0.15) is 0 Å². The van der Waals surface area contributed by atoms with Crippen LogP contribution < -0.4 is 5.32 Å². The molecule has 1 saturated heterocycles. The van der Waals surface area contributed by atoms with Crippen molar-refractivity contribution in [1.82, 2.24) is 15.5 Å². The summed E-state index contributed by atoms with van der Waals surface area (Å²) in [5, 5.41) is 7.36. The van der Waals surface area contributed by atoms with Gasteiger partial charge < -0.3 is 14.6 Å². The molecule has 1 aliphatic carbocycles. The summed E-state index contributed by atoms with van der Waals surface area (Å²) < 4.78 is 10.6. The molecule has 2 heterocycles. The topological polar surface area (TPSA) is 60.2 Å². The van der Waals surface area contributed by atoms with Gasteiger partial charge in [-0.2, -0.15) is 4.98 Å². The quantitative estimate of drug-likeness (QED) is 0.784. The van der Waals surface area contributed by atoms with Gasteiger partial charge in [-0.1, -0.05) is 5.16 Å². The first-order valence-corrected chi connectivity index (χ1v) is 5.55. The maximum Gasteiger partial charge on any atom is 0.228 e. The molecule has 0 spiro atoms. The maximum atomic E-state index is 5.37. The van der Waals surface area contributed by atoms with Crippen LogP contribution >= 0.6 is 0 Å². The first-order valence-electron chi connectivity index (χ1n) is 5.55. The molecule has 5 heteroatoms. The van der Waals surface area contributed by atoms with Gasteiger partial charge in [-0.15, -0.1) is 0 Å². The Bertz CT molecular complexity index is 329. The Morgan fingerprint density at radius 2 is 2.33 bits per heavy atom. The molecule has 5 nitrogen and oxygen atoms in total. The molecule has 0 aromatic carbocycles. The van der Waals surface area contributed by atoms with Crippen molar-refractivity contribution in [3.8, 4) is 0 Å². The van der Waals surface area contributed by atoms with E-state index in [4.69, 9.17) is 9.26 Å². The van der Waals surface area contributed by atoms with Crippen LogP contribution in [0.3, 0.4) is 0 Å². The third kappa shape index (κ3) is 2.18. The SMILES string of the molecule is C1COCC(Cc2nc(C3CC3)no2)N1. The van der Waals surface area contributed by atoms with E-state index in [2.05, 4.69) is 15.5 Å². The van der Waals surface area contributed by atoms with Gasteiger partial charge in [0.2, 0.25) is 5.89 Å². The summed E-state index contributed by atoms with van der Waals surface area (Å²) in [6, 6.07) is 0.325. The first-order chi connectivity index (χ1) is 7.42. The van der Waals surface area contributed by atoms with Crippen LogP contribution in [0.5, 0.6) is 0 Å². The first kappa shape index (κ1) is 9.30. The van der Waals surface area contributed by atoms with E-state index in [0.29, 0.717) is 12.0 Å². The zero-order valence-electron chi connectivity index (χ0n) is 8.61. The summed E-state index contributed by atoms with van der Waals surface area (Å²) in [6.07, 6.45) is 3.20. The van der Waals surface area contributed by atoms with Crippen LogP contribution in [0.4, 0.5) is 0 Å². The highest BCUT2D eigenvalue weighted by Crippen LogP contribution is 2.38. The van der Waals surface area contributed by atoms with Crippen molar-refractivity contribution in [2.75, 3.05) is 19.8 Å². The average molecular weight is 209 g/mol. The third-order valence-electron chi connectivity index (χ3n) is 2.85. The highest BCUT2D eigenvalue weighted by molar-refractivity contribution is 5.03. The summed E-state index contributed by atoms with van der Waals surface area (Å²) >= 11 is 0. The fraction of sp³-hybridized carbons (Fsp3) is 0.800. The van der Waals surface area contributed by atoms with Gasteiger partial charge in [0.25, 0.3) is 0 Å². The van der Waals surface area contributed by atoms with E-state index in [-0.39, 0.29) is 0 Å². The maximum absolute atomic E-state index is 5.37. The molecular formula is C10H15N3O2. The van der Waals surface area contributed by atoms with Crippen molar-refractivity contribution in [1.29, 1.82) is 0 Å². The molecule has 2 aliphatic rings. The van der Waals surface area contributed by atoms with E-state index in [1.165, 1.54) is 12.8 Å². The molecule has 1 atom stereocenters. The lowest BCUT2D eigenvalue weighted by Crippen LogP contribution is -2.42. The van der Waals surface area contributed by atoms with Crippen LogP contribution in [0.1, 0.15) is 30.5 Å². The zero-order valence-corrected chi connectivity index (χ0v) is 8.61. The standard InChI is InChI=1S/C10H15N3O2/c1-2-7(1)10-12-9(15-13-10)5-8-6-14-4-3-11-8/h7-8,11H,1-6H2. The Hall–Kier alpha value is -0.940. The van der Waals surface area contributed by atoms with Gasteiger partial charge in [0.15, 0.2) is 5.82 Å². The number of hydrogen-bond donors (Lipinski definition) is 1. The Morgan fingerprint density at radius 1 is 1.40 bits per heavy atom.